The first-order chi connectivity index (χ1) is 20.1. The van der Waals surface area contributed by atoms with Gasteiger partial charge in [0.1, 0.15) is 11.4 Å². The van der Waals surface area contributed by atoms with Crippen molar-refractivity contribution in [2.24, 2.45) is 0 Å². The second-order valence-corrected chi connectivity index (χ2v) is 10.9. The molecule has 4 heteroatoms. The maximum absolute atomic E-state index is 7.84. The lowest BCUT2D eigenvalue weighted by atomic mass is 9.92. The molecule has 0 atom stereocenters. The van der Waals surface area contributed by atoms with Gasteiger partial charge in [-0.05, 0) is 66.2 Å². The van der Waals surface area contributed by atoms with E-state index in [0.717, 1.165) is 38.6 Å². The summed E-state index contributed by atoms with van der Waals surface area (Å²) in [6.45, 7) is 6.74. The predicted molar refractivity (Wildman–Crippen MR) is 162 cm³/mol. The van der Waals surface area contributed by atoms with Crippen LogP contribution in [-0.2, 0) is 0 Å². The predicted octanol–water partition coefficient (Wildman–Crippen LogP) is 9.70. The molecule has 0 radical (unpaired) electrons. The van der Waals surface area contributed by atoms with E-state index < -0.39 is 6.85 Å². The molecule has 0 aliphatic carbocycles. The Balaban J connectivity index is 1.55. The molecule has 3 heterocycles. The highest BCUT2D eigenvalue weighted by molar-refractivity contribution is 6.11. The van der Waals surface area contributed by atoms with E-state index in [4.69, 9.17) is 18.5 Å². The summed E-state index contributed by atoms with van der Waals surface area (Å²) in [7, 11) is 0. The van der Waals surface area contributed by atoms with Crippen molar-refractivity contribution in [2.45, 2.75) is 46.4 Å². The third-order valence-electron chi connectivity index (χ3n) is 7.65. The minimum Gasteiger partial charge on any atom is -0.437 e. The SMILES string of the molecule is [2H]C([2H])([2H])c1ccc2nc3oc4c(-c5nc6ccccc6n5-c5c(C(C)C)cccc5C(C)C)cccc4c3cc2c1. The molecule has 0 bridgehead atoms. The van der Waals surface area contributed by atoms with E-state index >= 15 is 0 Å². The van der Waals surface area contributed by atoms with Gasteiger partial charge in [-0.1, -0.05) is 81.8 Å². The summed E-state index contributed by atoms with van der Waals surface area (Å²) in [5, 5.41) is 2.52. The molecule has 7 aromatic rings. The van der Waals surface area contributed by atoms with E-state index in [1.807, 2.05) is 24.3 Å². The average molecular weight is 513 g/mol. The summed E-state index contributed by atoms with van der Waals surface area (Å²) in [5.41, 5.74) is 8.73. The molecular weight excluding hydrogens is 478 g/mol. The first-order valence-electron chi connectivity index (χ1n) is 15.0. The maximum Gasteiger partial charge on any atom is 0.227 e. The molecule has 0 N–H and O–H groups in total. The summed E-state index contributed by atoms with van der Waals surface area (Å²) >= 11 is 0. The van der Waals surface area contributed by atoms with Crippen LogP contribution in [0.3, 0.4) is 0 Å². The quantitative estimate of drug-likeness (QED) is 0.236. The van der Waals surface area contributed by atoms with Crippen molar-refractivity contribution in [1.29, 1.82) is 0 Å². The van der Waals surface area contributed by atoms with E-state index in [9.17, 15) is 0 Å². The molecule has 0 aliphatic rings. The number of aromatic nitrogens is 3. The van der Waals surface area contributed by atoms with Gasteiger partial charge in [-0.2, -0.15) is 0 Å². The summed E-state index contributed by atoms with van der Waals surface area (Å²) in [6, 6.07) is 28.0. The van der Waals surface area contributed by atoms with Gasteiger partial charge >= 0.3 is 0 Å². The van der Waals surface area contributed by atoms with E-state index in [1.54, 1.807) is 18.2 Å². The molecule has 4 nitrogen and oxygen atoms in total. The van der Waals surface area contributed by atoms with Crippen LogP contribution in [-0.4, -0.2) is 14.5 Å². The fraction of sp³-hybridized carbons (Fsp3) is 0.200. The van der Waals surface area contributed by atoms with Crippen LogP contribution < -0.4 is 0 Å². The highest BCUT2D eigenvalue weighted by Gasteiger charge is 2.24. The van der Waals surface area contributed by atoms with E-state index in [-0.39, 0.29) is 0 Å². The average Bonchev–Trinajstić information content (AvgIpc) is 3.52. The molecule has 0 saturated heterocycles. The summed E-state index contributed by atoms with van der Waals surface area (Å²) in [4.78, 5) is 9.99. The van der Waals surface area contributed by atoms with Crippen LogP contribution in [0.15, 0.2) is 89.3 Å². The molecule has 7 rings (SSSR count). The van der Waals surface area contributed by atoms with Crippen molar-refractivity contribution in [3.8, 4) is 17.1 Å². The van der Waals surface area contributed by atoms with E-state index in [1.165, 1.54) is 16.8 Å². The number of nitrogens with zero attached hydrogens (tertiary/aromatic N) is 3. The molecule has 4 aromatic carbocycles. The van der Waals surface area contributed by atoms with Crippen molar-refractivity contribution < 1.29 is 8.53 Å². The normalized spacial score (nSPS) is 13.6. The number of benzene rings is 4. The van der Waals surface area contributed by atoms with Crippen LogP contribution in [0.25, 0.3) is 61.1 Å². The topological polar surface area (TPSA) is 43.9 Å². The second kappa shape index (κ2) is 8.81. The lowest BCUT2D eigenvalue weighted by Crippen LogP contribution is -2.08. The number of aryl methyl sites for hydroxylation is 1. The van der Waals surface area contributed by atoms with Gasteiger partial charge in [0.2, 0.25) is 5.71 Å². The number of para-hydroxylation sites is 4. The van der Waals surface area contributed by atoms with Gasteiger partial charge in [-0.25, -0.2) is 9.97 Å². The lowest BCUT2D eigenvalue weighted by Gasteiger charge is -2.22. The molecule has 0 saturated carbocycles. The highest BCUT2D eigenvalue weighted by Crippen LogP contribution is 2.41. The zero-order valence-corrected chi connectivity index (χ0v) is 22.5. The molecule has 0 aliphatic heterocycles. The fourth-order valence-corrected chi connectivity index (χ4v) is 5.76. The van der Waals surface area contributed by atoms with Crippen LogP contribution in [0, 0.1) is 6.85 Å². The largest absolute Gasteiger partial charge is 0.437 e. The number of pyridine rings is 1. The first kappa shape index (κ1) is 20.5. The standard InChI is InChI=1S/C35H31N3O/c1-20(2)24-10-8-11-25(21(3)4)32(24)38-31-15-7-6-14-30(31)36-34(38)27-13-9-12-26-28-19-23-18-22(5)16-17-29(23)37-35(28)39-33(26)27/h6-21H,1-5H3/i5D3. The molecule has 39 heavy (non-hydrogen) atoms. The van der Waals surface area contributed by atoms with E-state index in [2.05, 4.69) is 74.7 Å². The van der Waals surface area contributed by atoms with Crippen molar-refractivity contribution in [1.82, 2.24) is 14.5 Å². The van der Waals surface area contributed by atoms with Crippen molar-refractivity contribution in [3.63, 3.8) is 0 Å². The molecule has 0 spiro atoms. The number of imidazole rings is 1. The fourth-order valence-electron chi connectivity index (χ4n) is 5.76. The minimum atomic E-state index is -2.19. The molecule has 0 amide bonds. The van der Waals surface area contributed by atoms with Crippen LogP contribution in [0.1, 0.15) is 60.3 Å². The van der Waals surface area contributed by atoms with E-state index in [0.29, 0.717) is 34.2 Å². The highest BCUT2D eigenvalue weighted by atomic mass is 16.3. The second-order valence-electron chi connectivity index (χ2n) is 10.9. The van der Waals surface area contributed by atoms with Crippen molar-refractivity contribution in [2.75, 3.05) is 0 Å². The third kappa shape index (κ3) is 3.66. The zero-order valence-electron chi connectivity index (χ0n) is 25.5. The monoisotopic (exact) mass is 512 g/mol. The van der Waals surface area contributed by atoms with Gasteiger partial charge in [0.25, 0.3) is 0 Å². The first-order valence-corrected chi connectivity index (χ1v) is 13.5. The summed E-state index contributed by atoms with van der Waals surface area (Å²) in [6.07, 6.45) is 0. The Bertz CT molecular complexity index is 2130. The minimum absolute atomic E-state index is 0.295. The Labute approximate surface area is 232 Å². The number of hydrogen-bond donors (Lipinski definition) is 0. The van der Waals surface area contributed by atoms with Crippen molar-refractivity contribution in [3.05, 3.63) is 102 Å². The van der Waals surface area contributed by atoms with Crippen LogP contribution in [0.4, 0.5) is 0 Å². The van der Waals surface area contributed by atoms with Gasteiger partial charge in [-0.15, -0.1) is 0 Å². The van der Waals surface area contributed by atoms with Crippen LogP contribution in [0.2, 0.25) is 0 Å². The Morgan fingerprint density at radius 2 is 1.51 bits per heavy atom. The summed E-state index contributed by atoms with van der Waals surface area (Å²) < 4.78 is 32.3. The Hall–Kier alpha value is -4.44. The number of fused-ring (bicyclic) bond motifs is 5. The molecule has 0 unspecified atom stereocenters. The van der Waals surface area contributed by atoms with Crippen LogP contribution >= 0.6 is 0 Å². The van der Waals surface area contributed by atoms with Crippen LogP contribution in [0.5, 0.6) is 0 Å². The zero-order chi connectivity index (χ0) is 29.3. The van der Waals surface area contributed by atoms with Gasteiger partial charge in [0, 0.05) is 20.3 Å². The Kier molecular flexibility index (Phi) is 4.63. The Morgan fingerprint density at radius 3 is 2.28 bits per heavy atom. The van der Waals surface area contributed by atoms with Crippen molar-refractivity contribution >= 4 is 44.0 Å². The van der Waals surface area contributed by atoms with Gasteiger partial charge < -0.3 is 4.42 Å². The van der Waals surface area contributed by atoms with Gasteiger partial charge in [0.15, 0.2) is 0 Å². The number of furan rings is 1. The lowest BCUT2D eigenvalue weighted by molar-refractivity contribution is 0.656. The smallest absolute Gasteiger partial charge is 0.227 e. The molecule has 3 aromatic heterocycles. The molecular formula is C35H31N3O. The Morgan fingerprint density at radius 1 is 0.744 bits per heavy atom. The molecule has 192 valence electrons. The molecule has 0 fully saturated rings. The maximum atomic E-state index is 7.84. The number of rotatable bonds is 4. The summed E-state index contributed by atoms with van der Waals surface area (Å²) in [5.74, 6) is 1.43. The number of hydrogen-bond acceptors (Lipinski definition) is 3. The third-order valence-corrected chi connectivity index (χ3v) is 7.65. The van der Waals surface area contributed by atoms with Gasteiger partial charge in [0.05, 0.1) is 27.8 Å². The van der Waals surface area contributed by atoms with Gasteiger partial charge in [-0.3, -0.25) is 4.57 Å².